The molecule has 0 aliphatic carbocycles. The molecule has 2 aromatic carbocycles. The fourth-order valence-electron chi connectivity index (χ4n) is 2.24. The lowest BCUT2D eigenvalue weighted by atomic mass is 10.2. The molecule has 0 saturated carbocycles. The van der Waals surface area contributed by atoms with Gasteiger partial charge in [0.15, 0.2) is 6.61 Å². The number of carbonyl (C=O) groups is 4. The summed E-state index contributed by atoms with van der Waals surface area (Å²) in [5.74, 6) is -3.09. The van der Waals surface area contributed by atoms with Gasteiger partial charge < -0.3 is 20.3 Å². The quantitative estimate of drug-likeness (QED) is 0.683. The van der Waals surface area contributed by atoms with E-state index in [1.165, 1.54) is 23.1 Å². The van der Waals surface area contributed by atoms with Crippen molar-refractivity contribution in [3.8, 4) is 0 Å². The normalized spacial score (nSPS) is 10.0. The van der Waals surface area contributed by atoms with Gasteiger partial charge in [0.25, 0.3) is 17.7 Å². The van der Waals surface area contributed by atoms with E-state index in [9.17, 15) is 23.6 Å². The summed E-state index contributed by atoms with van der Waals surface area (Å²) in [4.78, 5) is 48.5. The highest BCUT2D eigenvalue weighted by molar-refractivity contribution is 5.97. The number of benzene rings is 2. The van der Waals surface area contributed by atoms with Crippen molar-refractivity contribution < 1.29 is 28.3 Å². The fraction of sp³-hybridized carbons (Fsp3) is 0.200. The van der Waals surface area contributed by atoms with Crippen LogP contribution < -0.4 is 10.6 Å². The number of ether oxygens (including phenoxy) is 1. The number of halogens is 1. The van der Waals surface area contributed by atoms with Crippen molar-refractivity contribution in [2.75, 3.05) is 32.6 Å². The third-order valence-corrected chi connectivity index (χ3v) is 3.70. The molecule has 2 aromatic rings. The van der Waals surface area contributed by atoms with Crippen LogP contribution in [-0.4, -0.2) is 55.8 Å². The minimum Gasteiger partial charge on any atom is -0.454 e. The Hall–Kier alpha value is -3.75. The number of carbonyl (C=O) groups excluding carboxylic acids is 4. The first-order chi connectivity index (χ1) is 13.8. The van der Waals surface area contributed by atoms with Crippen LogP contribution in [-0.2, 0) is 14.3 Å². The average molecular weight is 401 g/mol. The van der Waals surface area contributed by atoms with Gasteiger partial charge in [-0.05, 0) is 36.4 Å². The highest BCUT2D eigenvalue weighted by Gasteiger charge is 2.14. The molecule has 0 saturated heterocycles. The molecule has 0 bridgehead atoms. The van der Waals surface area contributed by atoms with Gasteiger partial charge in [-0.1, -0.05) is 12.1 Å². The third-order valence-electron chi connectivity index (χ3n) is 3.70. The van der Waals surface area contributed by atoms with Gasteiger partial charge >= 0.3 is 5.97 Å². The average Bonchev–Trinajstić information content (AvgIpc) is 2.70. The van der Waals surface area contributed by atoms with E-state index in [0.29, 0.717) is 11.3 Å². The van der Waals surface area contributed by atoms with E-state index in [0.717, 1.165) is 6.07 Å². The Bertz CT molecular complexity index is 913. The molecular weight excluding hydrogens is 381 g/mol. The van der Waals surface area contributed by atoms with Crippen LogP contribution in [0.3, 0.4) is 0 Å². The highest BCUT2D eigenvalue weighted by atomic mass is 19.1. The first kappa shape index (κ1) is 21.5. The Balaban J connectivity index is 1.76. The fourth-order valence-corrected chi connectivity index (χ4v) is 2.24. The molecule has 0 spiro atoms. The number of hydrogen-bond donors (Lipinski definition) is 2. The second-order valence-corrected chi connectivity index (χ2v) is 6.15. The molecule has 0 unspecified atom stereocenters. The number of hydrogen-bond acceptors (Lipinski definition) is 5. The van der Waals surface area contributed by atoms with Crippen molar-refractivity contribution in [2.24, 2.45) is 0 Å². The lowest BCUT2D eigenvalue weighted by Crippen LogP contribution is -2.32. The largest absolute Gasteiger partial charge is 0.454 e. The van der Waals surface area contributed by atoms with Crippen molar-refractivity contribution in [1.29, 1.82) is 0 Å². The van der Waals surface area contributed by atoms with E-state index in [1.807, 2.05) is 0 Å². The number of esters is 1. The summed E-state index contributed by atoms with van der Waals surface area (Å²) in [6.07, 6.45) is 0. The minimum absolute atomic E-state index is 0.172. The maximum atomic E-state index is 13.5. The van der Waals surface area contributed by atoms with Gasteiger partial charge in [0.1, 0.15) is 12.4 Å². The van der Waals surface area contributed by atoms with Crippen molar-refractivity contribution >= 4 is 29.4 Å². The van der Waals surface area contributed by atoms with Gasteiger partial charge in [-0.25, -0.2) is 4.39 Å². The van der Waals surface area contributed by atoms with Crippen molar-refractivity contribution in [3.05, 3.63) is 65.5 Å². The molecule has 0 heterocycles. The molecular formula is C20H20FN3O5. The molecule has 0 radical (unpaired) electrons. The predicted octanol–water partition coefficient (Wildman–Crippen LogP) is 1.44. The predicted molar refractivity (Wildman–Crippen MR) is 103 cm³/mol. The van der Waals surface area contributed by atoms with E-state index in [1.54, 1.807) is 38.4 Å². The number of rotatable bonds is 7. The smallest absolute Gasteiger partial charge is 0.325 e. The Labute approximate surface area is 166 Å². The number of nitrogens with zero attached hydrogens (tertiary/aromatic N) is 1. The summed E-state index contributed by atoms with van der Waals surface area (Å²) in [7, 11) is 3.26. The first-order valence-corrected chi connectivity index (χ1v) is 8.58. The zero-order valence-electron chi connectivity index (χ0n) is 15.9. The summed E-state index contributed by atoms with van der Waals surface area (Å²) in [6.45, 7) is -1.07. The van der Waals surface area contributed by atoms with Crippen molar-refractivity contribution in [3.63, 3.8) is 0 Å². The molecule has 0 atom stereocenters. The number of amides is 3. The summed E-state index contributed by atoms with van der Waals surface area (Å²) in [5.41, 5.74) is 0.688. The Kier molecular flexibility index (Phi) is 7.41. The van der Waals surface area contributed by atoms with Crippen LogP contribution in [0.4, 0.5) is 10.1 Å². The van der Waals surface area contributed by atoms with Gasteiger partial charge in [0, 0.05) is 25.3 Å². The van der Waals surface area contributed by atoms with Crippen LogP contribution in [0.15, 0.2) is 48.5 Å². The molecule has 2 N–H and O–H groups in total. The van der Waals surface area contributed by atoms with Crippen LogP contribution in [0.25, 0.3) is 0 Å². The van der Waals surface area contributed by atoms with Gasteiger partial charge in [0.05, 0.1) is 5.56 Å². The van der Waals surface area contributed by atoms with E-state index in [-0.39, 0.29) is 11.5 Å². The molecule has 0 aromatic heterocycles. The Morgan fingerprint density at radius 1 is 1.00 bits per heavy atom. The van der Waals surface area contributed by atoms with E-state index >= 15 is 0 Å². The van der Waals surface area contributed by atoms with E-state index in [2.05, 4.69) is 10.6 Å². The van der Waals surface area contributed by atoms with E-state index in [4.69, 9.17) is 4.74 Å². The summed E-state index contributed by atoms with van der Waals surface area (Å²) in [5, 5.41) is 4.73. The Morgan fingerprint density at radius 3 is 2.28 bits per heavy atom. The number of anilines is 1. The SMILES string of the molecule is CN(C)C(=O)c1ccc(NC(=O)COC(=O)CNC(=O)c2ccccc2F)cc1. The zero-order chi connectivity index (χ0) is 21.4. The molecule has 0 aliphatic heterocycles. The van der Waals surface area contributed by atoms with Crippen LogP contribution in [0.2, 0.25) is 0 Å². The standard InChI is InChI=1S/C20H20FN3O5/c1-24(2)20(28)13-7-9-14(10-8-13)23-17(25)12-29-18(26)11-22-19(27)15-5-3-4-6-16(15)21/h3-10H,11-12H2,1-2H3,(H,22,27)(H,23,25). The van der Waals surface area contributed by atoms with E-state index < -0.39 is 36.8 Å². The van der Waals surface area contributed by atoms with Crippen LogP contribution >= 0.6 is 0 Å². The van der Waals surface area contributed by atoms with Crippen LogP contribution in [0.1, 0.15) is 20.7 Å². The van der Waals surface area contributed by atoms with Crippen LogP contribution in [0, 0.1) is 5.82 Å². The van der Waals surface area contributed by atoms with Gasteiger partial charge in [-0.2, -0.15) is 0 Å². The highest BCUT2D eigenvalue weighted by Crippen LogP contribution is 2.11. The lowest BCUT2D eigenvalue weighted by molar-refractivity contribution is -0.146. The molecule has 0 fully saturated rings. The monoisotopic (exact) mass is 401 g/mol. The Morgan fingerprint density at radius 2 is 1.66 bits per heavy atom. The van der Waals surface area contributed by atoms with Gasteiger partial charge in [-0.3, -0.25) is 19.2 Å². The summed E-state index contributed by atoms with van der Waals surface area (Å²) < 4.78 is 18.2. The first-order valence-electron chi connectivity index (χ1n) is 8.58. The van der Waals surface area contributed by atoms with Gasteiger partial charge in [-0.15, -0.1) is 0 Å². The zero-order valence-corrected chi connectivity index (χ0v) is 15.9. The second-order valence-electron chi connectivity index (χ2n) is 6.15. The third kappa shape index (κ3) is 6.42. The molecule has 3 amide bonds. The summed E-state index contributed by atoms with van der Waals surface area (Å²) >= 11 is 0. The van der Waals surface area contributed by atoms with Crippen molar-refractivity contribution in [1.82, 2.24) is 10.2 Å². The molecule has 29 heavy (non-hydrogen) atoms. The topological polar surface area (TPSA) is 105 Å². The minimum atomic E-state index is -0.850. The number of nitrogens with one attached hydrogen (secondary N) is 2. The maximum absolute atomic E-state index is 13.5. The van der Waals surface area contributed by atoms with Crippen molar-refractivity contribution in [2.45, 2.75) is 0 Å². The van der Waals surface area contributed by atoms with Crippen LogP contribution in [0.5, 0.6) is 0 Å². The molecule has 9 heteroatoms. The molecule has 2 rings (SSSR count). The molecule has 152 valence electrons. The maximum Gasteiger partial charge on any atom is 0.325 e. The second kappa shape index (κ2) is 9.98. The summed E-state index contributed by atoms with van der Waals surface area (Å²) in [6, 6.07) is 11.5. The molecule has 8 nitrogen and oxygen atoms in total. The van der Waals surface area contributed by atoms with Gasteiger partial charge in [0.2, 0.25) is 0 Å². The lowest BCUT2D eigenvalue weighted by Gasteiger charge is -2.11. The molecule has 0 aliphatic rings.